The van der Waals surface area contributed by atoms with E-state index in [1.165, 1.54) is 0 Å². The Morgan fingerprint density at radius 2 is 2.38 bits per heavy atom. The molecule has 1 heterocycles. The summed E-state index contributed by atoms with van der Waals surface area (Å²) >= 11 is 0. The highest BCUT2D eigenvalue weighted by Crippen LogP contribution is 1.90. The first kappa shape index (κ1) is 4.92. The first-order valence-electron chi connectivity index (χ1n) is 2.42. The lowest BCUT2D eigenvalue weighted by Crippen LogP contribution is -2.20. The number of dihydropyridines is 1. The highest BCUT2D eigenvalue weighted by molar-refractivity contribution is 5.18. The lowest BCUT2D eigenvalue weighted by Gasteiger charge is -2.04. The van der Waals surface area contributed by atoms with Crippen LogP contribution in [0.25, 0.3) is 0 Å². The highest BCUT2D eigenvalue weighted by atomic mass is 14.9. The summed E-state index contributed by atoms with van der Waals surface area (Å²) < 4.78 is 0. The fourth-order valence-electron chi connectivity index (χ4n) is 0.526. The lowest BCUT2D eigenvalue weighted by molar-refractivity contribution is 0.840. The maximum atomic E-state index is 8.29. The summed E-state index contributed by atoms with van der Waals surface area (Å²) in [5.74, 6) is 0. The molecular formula is C6H6N2. The van der Waals surface area contributed by atoms with Gasteiger partial charge >= 0.3 is 0 Å². The Hall–Kier alpha value is -1.23. The van der Waals surface area contributed by atoms with E-state index in [2.05, 4.69) is 11.4 Å². The van der Waals surface area contributed by atoms with Crippen molar-refractivity contribution in [3.8, 4) is 6.07 Å². The molecule has 1 atom stereocenters. The molecule has 40 valence electrons. The third-order valence-electron chi connectivity index (χ3n) is 0.926. The molecule has 0 aromatic rings. The largest absolute Gasteiger partial charge is 0.373 e. The smallest absolute Gasteiger partial charge is 0.133 e. The Kier molecular flexibility index (Phi) is 1.34. The predicted molar refractivity (Wildman–Crippen MR) is 30.8 cm³/mol. The Bertz CT molecular complexity index is 162. The van der Waals surface area contributed by atoms with E-state index in [9.17, 15) is 0 Å². The molecule has 0 fully saturated rings. The van der Waals surface area contributed by atoms with E-state index in [-0.39, 0.29) is 6.04 Å². The number of hydrogen-bond donors (Lipinski definition) is 1. The van der Waals surface area contributed by atoms with Gasteiger partial charge in [-0.1, -0.05) is 6.08 Å². The Labute approximate surface area is 48.1 Å². The maximum absolute atomic E-state index is 8.29. The molecule has 2 nitrogen and oxygen atoms in total. The number of nitrogens with one attached hydrogen (secondary N) is 1. The van der Waals surface area contributed by atoms with Crippen LogP contribution in [0.15, 0.2) is 24.4 Å². The summed E-state index contributed by atoms with van der Waals surface area (Å²) in [5, 5.41) is 11.1. The third-order valence-corrected chi connectivity index (χ3v) is 0.926. The van der Waals surface area contributed by atoms with Crippen LogP contribution in [0.3, 0.4) is 0 Å². The molecule has 0 spiro atoms. The molecule has 1 N–H and O–H groups in total. The van der Waals surface area contributed by atoms with Crippen molar-refractivity contribution in [2.24, 2.45) is 0 Å². The van der Waals surface area contributed by atoms with Crippen LogP contribution in [-0.2, 0) is 0 Å². The highest BCUT2D eigenvalue weighted by Gasteiger charge is 1.97. The van der Waals surface area contributed by atoms with Crippen LogP contribution < -0.4 is 5.32 Å². The van der Waals surface area contributed by atoms with Gasteiger partial charge in [-0.2, -0.15) is 5.26 Å². The van der Waals surface area contributed by atoms with Crippen molar-refractivity contribution in [3.63, 3.8) is 0 Å². The van der Waals surface area contributed by atoms with Crippen molar-refractivity contribution in [3.05, 3.63) is 24.4 Å². The summed E-state index contributed by atoms with van der Waals surface area (Å²) in [7, 11) is 0. The average Bonchev–Trinajstić information content (AvgIpc) is 1.90. The zero-order valence-corrected chi connectivity index (χ0v) is 4.33. The van der Waals surface area contributed by atoms with Gasteiger partial charge in [0.1, 0.15) is 6.04 Å². The summed E-state index contributed by atoms with van der Waals surface area (Å²) in [5.41, 5.74) is 0. The molecule has 0 amide bonds. The minimum absolute atomic E-state index is 0.125. The molecule has 0 aromatic carbocycles. The number of allylic oxidation sites excluding steroid dienone is 2. The van der Waals surface area contributed by atoms with Crippen molar-refractivity contribution in [2.45, 2.75) is 6.04 Å². The summed E-state index contributed by atoms with van der Waals surface area (Å²) in [6.07, 6.45) is 7.27. The van der Waals surface area contributed by atoms with Crippen molar-refractivity contribution in [1.82, 2.24) is 5.32 Å². The Morgan fingerprint density at radius 1 is 1.50 bits per heavy atom. The van der Waals surface area contributed by atoms with Crippen LogP contribution in [0, 0.1) is 11.3 Å². The topological polar surface area (TPSA) is 35.8 Å². The zero-order valence-electron chi connectivity index (χ0n) is 4.33. The quantitative estimate of drug-likeness (QED) is 0.489. The van der Waals surface area contributed by atoms with Gasteiger partial charge in [0.05, 0.1) is 6.07 Å². The van der Waals surface area contributed by atoms with E-state index in [4.69, 9.17) is 5.26 Å². The molecule has 0 radical (unpaired) electrons. The number of rotatable bonds is 0. The van der Waals surface area contributed by atoms with E-state index in [1.807, 2.05) is 12.2 Å². The van der Waals surface area contributed by atoms with E-state index in [0.29, 0.717) is 0 Å². The fraction of sp³-hybridized carbons (Fsp3) is 0.167. The van der Waals surface area contributed by atoms with Gasteiger partial charge in [0.2, 0.25) is 0 Å². The van der Waals surface area contributed by atoms with E-state index < -0.39 is 0 Å². The standard InChI is InChI=1S/C6H6N2/c7-5-6-3-1-2-4-8-6/h1-4,6,8H. The molecular weight excluding hydrogens is 100 g/mol. The van der Waals surface area contributed by atoms with Gasteiger partial charge in [-0.05, 0) is 18.4 Å². The SMILES string of the molecule is N#CC1C=CC=CN1. The van der Waals surface area contributed by atoms with Crippen molar-refractivity contribution in [1.29, 1.82) is 5.26 Å². The normalized spacial score (nSPS) is 24.1. The van der Waals surface area contributed by atoms with Crippen molar-refractivity contribution in [2.75, 3.05) is 0 Å². The summed E-state index contributed by atoms with van der Waals surface area (Å²) in [6, 6.07) is 1.93. The van der Waals surface area contributed by atoms with Crippen LogP contribution >= 0.6 is 0 Å². The van der Waals surface area contributed by atoms with Gasteiger partial charge in [0.15, 0.2) is 0 Å². The van der Waals surface area contributed by atoms with Gasteiger partial charge in [-0.25, -0.2) is 0 Å². The lowest BCUT2D eigenvalue weighted by atomic mass is 10.2. The van der Waals surface area contributed by atoms with Gasteiger partial charge in [-0.15, -0.1) is 0 Å². The second-order valence-corrected chi connectivity index (χ2v) is 1.52. The van der Waals surface area contributed by atoms with Crippen molar-refractivity contribution < 1.29 is 0 Å². The molecule has 2 heteroatoms. The minimum atomic E-state index is -0.125. The average molecular weight is 106 g/mol. The predicted octanol–water partition coefficient (Wildman–Crippen LogP) is 0.552. The fourth-order valence-corrected chi connectivity index (χ4v) is 0.526. The van der Waals surface area contributed by atoms with E-state index in [0.717, 1.165) is 0 Å². The molecule has 0 aromatic heterocycles. The number of nitriles is 1. The number of hydrogen-bond acceptors (Lipinski definition) is 2. The second kappa shape index (κ2) is 2.17. The molecule has 0 aliphatic carbocycles. The molecule has 1 rings (SSSR count). The van der Waals surface area contributed by atoms with Crippen molar-refractivity contribution >= 4 is 0 Å². The summed E-state index contributed by atoms with van der Waals surface area (Å²) in [4.78, 5) is 0. The minimum Gasteiger partial charge on any atom is -0.373 e. The van der Waals surface area contributed by atoms with E-state index in [1.54, 1.807) is 12.3 Å². The monoisotopic (exact) mass is 106 g/mol. The zero-order chi connectivity index (χ0) is 5.82. The van der Waals surface area contributed by atoms with Gasteiger partial charge in [-0.3, -0.25) is 0 Å². The first-order valence-corrected chi connectivity index (χ1v) is 2.42. The molecule has 0 saturated carbocycles. The molecule has 1 aliphatic rings. The third kappa shape index (κ3) is 0.881. The van der Waals surface area contributed by atoms with Crippen LogP contribution in [-0.4, -0.2) is 6.04 Å². The van der Waals surface area contributed by atoms with E-state index >= 15 is 0 Å². The molecule has 0 saturated heterocycles. The molecule has 0 bridgehead atoms. The van der Waals surface area contributed by atoms with Crippen LogP contribution in [0.4, 0.5) is 0 Å². The molecule has 1 aliphatic heterocycles. The second-order valence-electron chi connectivity index (χ2n) is 1.52. The van der Waals surface area contributed by atoms with Gasteiger partial charge < -0.3 is 5.32 Å². The van der Waals surface area contributed by atoms with Crippen LogP contribution in [0.1, 0.15) is 0 Å². The Morgan fingerprint density at radius 3 is 2.75 bits per heavy atom. The van der Waals surface area contributed by atoms with Gasteiger partial charge in [0.25, 0.3) is 0 Å². The van der Waals surface area contributed by atoms with Crippen LogP contribution in [0.5, 0.6) is 0 Å². The molecule has 8 heavy (non-hydrogen) atoms. The summed E-state index contributed by atoms with van der Waals surface area (Å²) in [6.45, 7) is 0. The van der Waals surface area contributed by atoms with Gasteiger partial charge in [0, 0.05) is 0 Å². The van der Waals surface area contributed by atoms with Crippen LogP contribution in [0.2, 0.25) is 0 Å². The molecule has 1 unspecified atom stereocenters. The maximum Gasteiger partial charge on any atom is 0.133 e. The first-order chi connectivity index (χ1) is 3.93. The Balaban J connectivity index is 2.55. The number of nitrogens with zero attached hydrogens (tertiary/aromatic N) is 1.